The van der Waals surface area contributed by atoms with Gasteiger partial charge in [-0.05, 0) is 19.9 Å². The Morgan fingerprint density at radius 1 is 1.21 bits per heavy atom. The van der Waals surface area contributed by atoms with Gasteiger partial charge in [-0.3, -0.25) is 19.2 Å². The molecule has 0 saturated heterocycles. The van der Waals surface area contributed by atoms with Crippen LogP contribution < -0.4 is 10.6 Å². The van der Waals surface area contributed by atoms with Gasteiger partial charge in [0.1, 0.15) is 6.54 Å². The highest BCUT2D eigenvalue weighted by Gasteiger charge is 2.28. The normalized spacial score (nSPS) is 10.4. The van der Waals surface area contributed by atoms with Gasteiger partial charge in [-0.2, -0.15) is 0 Å². The summed E-state index contributed by atoms with van der Waals surface area (Å²) in [7, 11) is 0. The highest BCUT2D eigenvalue weighted by Crippen LogP contribution is 2.08. The quantitative estimate of drug-likeness (QED) is 0.520. The van der Waals surface area contributed by atoms with Gasteiger partial charge in [0.15, 0.2) is 5.78 Å². The third kappa shape index (κ3) is 6.97. The Labute approximate surface area is 111 Å². The standard InChI is InChI=1S/C12H18N2O5/c1-4-9(16)14-12(2,3)8(15)5-6-10(17)13-7-11(18)19/h4H,1,5-7H2,2-3H3,(H,13,17)(H,14,16)(H,18,19). The Morgan fingerprint density at radius 3 is 2.26 bits per heavy atom. The minimum absolute atomic E-state index is 0.0874. The van der Waals surface area contributed by atoms with Crippen LogP contribution in [-0.2, 0) is 19.2 Å². The summed E-state index contributed by atoms with van der Waals surface area (Å²) in [5.41, 5.74) is -1.10. The fourth-order valence-corrected chi connectivity index (χ4v) is 1.23. The maximum Gasteiger partial charge on any atom is 0.322 e. The molecule has 0 atom stereocenters. The third-order valence-electron chi connectivity index (χ3n) is 2.33. The number of Topliss-reactive ketones (excluding diaryl/α,β-unsaturated/α-hetero) is 1. The van der Waals surface area contributed by atoms with Gasteiger partial charge in [-0.25, -0.2) is 0 Å². The van der Waals surface area contributed by atoms with Gasteiger partial charge in [0.05, 0.1) is 5.54 Å². The highest BCUT2D eigenvalue weighted by atomic mass is 16.4. The minimum atomic E-state index is -1.15. The van der Waals surface area contributed by atoms with Crippen LogP contribution in [0.1, 0.15) is 26.7 Å². The number of hydrogen-bond acceptors (Lipinski definition) is 4. The Bertz CT molecular complexity index is 401. The Balaban J connectivity index is 4.22. The number of amides is 2. The van der Waals surface area contributed by atoms with E-state index in [1.54, 1.807) is 0 Å². The number of carboxylic acid groups (broad SMARTS) is 1. The van der Waals surface area contributed by atoms with Crippen LogP contribution >= 0.6 is 0 Å². The number of carbonyl (C=O) groups is 4. The van der Waals surface area contributed by atoms with Gasteiger partial charge < -0.3 is 15.7 Å². The van der Waals surface area contributed by atoms with Crippen molar-refractivity contribution in [2.75, 3.05) is 6.54 Å². The van der Waals surface area contributed by atoms with Crippen molar-refractivity contribution in [2.45, 2.75) is 32.2 Å². The molecule has 106 valence electrons. The van der Waals surface area contributed by atoms with E-state index >= 15 is 0 Å². The zero-order valence-electron chi connectivity index (χ0n) is 11.0. The molecule has 0 spiro atoms. The number of ketones is 1. The Morgan fingerprint density at radius 2 is 1.79 bits per heavy atom. The molecule has 0 rings (SSSR count). The number of carbonyl (C=O) groups excluding carboxylic acids is 3. The van der Waals surface area contributed by atoms with Crippen LogP contribution in [0, 0.1) is 0 Å². The van der Waals surface area contributed by atoms with Crippen molar-refractivity contribution in [3.63, 3.8) is 0 Å². The first-order valence-electron chi connectivity index (χ1n) is 5.65. The van der Waals surface area contributed by atoms with Crippen molar-refractivity contribution in [1.29, 1.82) is 0 Å². The molecule has 0 aliphatic carbocycles. The molecule has 2 amide bonds. The largest absolute Gasteiger partial charge is 0.480 e. The van der Waals surface area contributed by atoms with Gasteiger partial charge in [0.25, 0.3) is 0 Å². The average molecular weight is 270 g/mol. The number of rotatable bonds is 8. The molecule has 3 N–H and O–H groups in total. The maximum absolute atomic E-state index is 11.8. The van der Waals surface area contributed by atoms with Crippen LogP contribution in [0.3, 0.4) is 0 Å². The summed E-state index contributed by atoms with van der Waals surface area (Å²) in [6.45, 7) is 5.83. The molecule has 0 radical (unpaired) electrons. The van der Waals surface area contributed by atoms with Gasteiger partial charge in [-0.1, -0.05) is 6.58 Å². The van der Waals surface area contributed by atoms with Gasteiger partial charge in [-0.15, -0.1) is 0 Å². The SMILES string of the molecule is C=CC(=O)NC(C)(C)C(=O)CCC(=O)NCC(=O)O. The molecule has 0 aromatic heterocycles. The summed E-state index contributed by atoms with van der Waals surface area (Å²) in [5, 5.41) is 13.0. The smallest absolute Gasteiger partial charge is 0.322 e. The molecule has 0 heterocycles. The second-order valence-electron chi connectivity index (χ2n) is 4.41. The van der Waals surface area contributed by atoms with Crippen LogP contribution in [0.5, 0.6) is 0 Å². The average Bonchev–Trinajstić information content (AvgIpc) is 2.32. The van der Waals surface area contributed by atoms with E-state index in [4.69, 9.17) is 5.11 Å². The monoisotopic (exact) mass is 270 g/mol. The van der Waals surface area contributed by atoms with E-state index in [1.165, 1.54) is 13.8 Å². The van der Waals surface area contributed by atoms with E-state index in [0.717, 1.165) is 6.08 Å². The van der Waals surface area contributed by atoms with Crippen molar-refractivity contribution in [1.82, 2.24) is 10.6 Å². The minimum Gasteiger partial charge on any atom is -0.480 e. The van der Waals surface area contributed by atoms with E-state index < -0.39 is 29.9 Å². The predicted molar refractivity (Wildman–Crippen MR) is 67.3 cm³/mol. The fourth-order valence-electron chi connectivity index (χ4n) is 1.23. The second-order valence-corrected chi connectivity index (χ2v) is 4.41. The number of hydrogen-bond donors (Lipinski definition) is 3. The first-order chi connectivity index (χ1) is 8.69. The Kier molecular flexibility index (Phi) is 6.46. The topological polar surface area (TPSA) is 113 Å². The van der Waals surface area contributed by atoms with Crippen LogP contribution in [0.2, 0.25) is 0 Å². The molecule has 7 nitrogen and oxygen atoms in total. The highest BCUT2D eigenvalue weighted by molar-refractivity contribution is 5.96. The molecule has 0 aliphatic heterocycles. The van der Waals surface area contributed by atoms with Crippen LogP contribution in [0.4, 0.5) is 0 Å². The van der Waals surface area contributed by atoms with Crippen molar-refractivity contribution in [3.8, 4) is 0 Å². The van der Waals surface area contributed by atoms with Crippen molar-refractivity contribution < 1.29 is 24.3 Å². The molecule has 19 heavy (non-hydrogen) atoms. The molecule has 0 bridgehead atoms. The molecule has 0 aromatic carbocycles. The summed E-state index contributed by atoms with van der Waals surface area (Å²) in [6.07, 6.45) is 0.837. The van der Waals surface area contributed by atoms with E-state index in [0.29, 0.717) is 0 Å². The summed E-state index contributed by atoms with van der Waals surface area (Å²) in [6, 6.07) is 0. The van der Waals surface area contributed by atoms with E-state index in [2.05, 4.69) is 17.2 Å². The second kappa shape index (κ2) is 7.30. The van der Waals surface area contributed by atoms with E-state index in [-0.39, 0.29) is 18.6 Å². The van der Waals surface area contributed by atoms with Crippen LogP contribution in [0.15, 0.2) is 12.7 Å². The molecule has 0 aromatic rings. The van der Waals surface area contributed by atoms with Crippen molar-refractivity contribution in [2.24, 2.45) is 0 Å². The molecular formula is C12H18N2O5. The lowest BCUT2D eigenvalue weighted by Crippen LogP contribution is -2.49. The van der Waals surface area contributed by atoms with Crippen LogP contribution in [-0.4, -0.2) is 40.8 Å². The lowest BCUT2D eigenvalue weighted by molar-refractivity contribution is -0.138. The molecule has 7 heteroatoms. The summed E-state index contributed by atoms with van der Waals surface area (Å²) < 4.78 is 0. The van der Waals surface area contributed by atoms with Crippen LogP contribution in [0.25, 0.3) is 0 Å². The number of nitrogens with one attached hydrogen (secondary N) is 2. The molecule has 0 fully saturated rings. The lowest BCUT2D eigenvalue weighted by atomic mass is 9.95. The molecule has 0 unspecified atom stereocenters. The van der Waals surface area contributed by atoms with Crippen molar-refractivity contribution >= 4 is 23.6 Å². The predicted octanol–water partition coefficient (Wildman–Crippen LogP) is -0.383. The summed E-state index contributed by atoms with van der Waals surface area (Å²) >= 11 is 0. The van der Waals surface area contributed by atoms with E-state index in [1.807, 2.05) is 0 Å². The van der Waals surface area contributed by atoms with E-state index in [9.17, 15) is 19.2 Å². The lowest BCUT2D eigenvalue weighted by Gasteiger charge is -2.23. The summed E-state index contributed by atoms with van der Waals surface area (Å²) in [4.78, 5) is 44.4. The molecule has 0 saturated carbocycles. The first-order valence-corrected chi connectivity index (χ1v) is 5.65. The fraction of sp³-hybridized carbons (Fsp3) is 0.500. The zero-order valence-corrected chi connectivity index (χ0v) is 11.0. The number of aliphatic carboxylic acids is 1. The zero-order chi connectivity index (χ0) is 15.1. The molecule has 0 aliphatic rings. The van der Waals surface area contributed by atoms with Gasteiger partial charge >= 0.3 is 5.97 Å². The maximum atomic E-state index is 11.8. The van der Waals surface area contributed by atoms with Crippen molar-refractivity contribution in [3.05, 3.63) is 12.7 Å². The first kappa shape index (κ1) is 16.8. The van der Waals surface area contributed by atoms with Gasteiger partial charge in [0, 0.05) is 12.8 Å². The molecular weight excluding hydrogens is 252 g/mol. The summed E-state index contributed by atoms with van der Waals surface area (Å²) in [5.74, 6) is -2.48. The Hall–Kier alpha value is -2.18. The number of carboxylic acids is 1. The van der Waals surface area contributed by atoms with Gasteiger partial charge in [0.2, 0.25) is 11.8 Å². The third-order valence-corrected chi connectivity index (χ3v) is 2.33.